The molecule has 8 nitrogen and oxygen atoms in total. The number of amides is 1. The van der Waals surface area contributed by atoms with E-state index in [4.69, 9.17) is 4.74 Å². The largest absolute Gasteiger partial charge is 0.496 e. The summed E-state index contributed by atoms with van der Waals surface area (Å²) in [7, 11) is 1.48. The van der Waals surface area contributed by atoms with Crippen LogP contribution in [0.25, 0.3) is 0 Å². The molecule has 0 atom stereocenters. The predicted molar refractivity (Wildman–Crippen MR) is 90.6 cm³/mol. The Morgan fingerprint density at radius 1 is 1.40 bits per heavy atom. The van der Waals surface area contributed by atoms with Gasteiger partial charge in [-0.1, -0.05) is 12.8 Å². The fraction of sp³-hybridized carbons (Fsp3) is 0.412. The lowest BCUT2D eigenvalue weighted by Crippen LogP contribution is -2.24. The van der Waals surface area contributed by atoms with Crippen LogP contribution < -0.4 is 10.1 Å². The molecule has 0 unspecified atom stereocenters. The second-order valence-electron chi connectivity index (χ2n) is 6.06. The maximum atomic E-state index is 12.3. The molecule has 1 fully saturated rings. The van der Waals surface area contributed by atoms with Gasteiger partial charge in [-0.15, -0.1) is 0 Å². The second-order valence-corrected chi connectivity index (χ2v) is 6.06. The Hall–Kier alpha value is -2.90. The SMILES string of the molecule is COc1ccc([N+](=O)[O-])cc1CNC(=O)c1ccn(C2CCCC2)n1. The average molecular weight is 344 g/mol. The predicted octanol–water partition coefficient (Wildman–Crippen LogP) is 2.85. The van der Waals surface area contributed by atoms with Crippen LogP contribution in [0.4, 0.5) is 5.69 Å². The Bertz CT molecular complexity index is 781. The van der Waals surface area contributed by atoms with Crippen molar-refractivity contribution in [3.8, 4) is 5.75 Å². The molecule has 1 aromatic heterocycles. The molecule has 1 N–H and O–H groups in total. The quantitative estimate of drug-likeness (QED) is 0.641. The number of nitrogens with zero attached hydrogens (tertiary/aromatic N) is 3. The number of carbonyl (C=O) groups is 1. The Labute approximate surface area is 144 Å². The summed E-state index contributed by atoms with van der Waals surface area (Å²) in [6, 6.07) is 6.36. The fourth-order valence-corrected chi connectivity index (χ4v) is 3.11. The minimum Gasteiger partial charge on any atom is -0.496 e. The highest BCUT2D eigenvalue weighted by atomic mass is 16.6. The number of carbonyl (C=O) groups excluding carboxylic acids is 1. The van der Waals surface area contributed by atoms with Crippen molar-refractivity contribution < 1.29 is 14.5 Å². The maximum absolute atomic E-state index is 12.3. The van der Waals surface area contributed by atoms with Crippen molar-refractivity contribution in [2.45, 2.75) is 38.3 Å². The Balaban J connectivity index is 1.67. The van der Waals surface area contributed by atoms with Crippen LogP contribution >= 0.6 is 0 Å². The number of non-ortho nitro benzene ring substituents is 1. The first-order valence-electron chi connectivity index (χ1n) is 8.23. The van der Waals surface area contributed by atoms with Gasteiger partial charge in [-0.05, 0) is 25.0 Å². The van der Waals surface area contributed by atoms with Gasteiger partial charge in [0.15, 0.2) is 0 Å². The molecule has 0 spiro atoms. The van der Waals surface area contributed by atoms with Crippen LogP contribution in [0.1, 0.15) is 47.8 Å². The Morgan fingerprint density at radius 3 is 2.84 bits per heavy atom. The van der Waals surface area contributed by atoms with Crippen molar-refractivity contribution in [1.82, 2.24) is 15.1 Å². The lowest BCUT2D eigenvalue weighted by Gasteiger charge is -2.10. The van der Waals surface area contributed by atoms with Crippen LogP contribution in [-0.4, -0.2) is 27.7 Å². The summed E-state index contributed by atoms with van der Waals surface area (Å²) in [6.45, 7) is 0.125. The summed E-state index contributed by atoms with van der Waals surface area (Å²) in [5, 5.41) is 18.0. The molecule has 0 bridgehead atoms. The van der Waals surface area contributed by atoms with Crippen LogP contribution in [-0.2, 0) is 6.54 Å². The Morgan fingerprint density at radius 2 is 2.16 bits per heavy atom. The van der Waals surface area contributed by atoms with E-state index < -0.39 is 4.92 Å². The van der Waals surface area contributed by atoms with E-state index in [0.717, 1.165) is 12.8 Å². The first-order valence-corrected chi connectivity index (χ1v) is 8.23. The standard InChI is InChI=1S/C17H20N4O4/c1-25-16-7-6-14(21(23)24)10-12(16)11-18-17(22)15-8-9-20(19-15)13-4-2-3-5-13/h6-10,13H,2-5,11H2,1H3,(H,18,22). The van der Waals surface area contributed by atoms with Gasteiger partial charge in [-0.3, -0.25) is 19.6 Å². The highest BCUT2D eigenvalue weighted by molar-refractivity contribution is 5.92. The summed E-state index contributed by atoms with van der Waals surface area (Å²) < 4.78 is 7.05. The number of methoxy groups -OCH3 is 1. The van der Waals surface area contributed by atoms with Crippen LogP contribution in [0.2, 0.25) is 0 Å². The van der Waals surface area contributed by atoms with Gasteiger partial charge in [0, 0.05) is 30.4 Å². The molecule has 25 heavy (non-hydrogen) atoms. The van der Waals surface area contributed by atoms with E-state index in [1.165, 1.54) is 38.2 Å². The number of nitro groups is 1. The maximum Gasteiger partial charge on any atom is 0.272 e. The van der Waals surface area contributed by atoms with Crippen LogP contribution in [0.3, 0.4) is 0 Å². The first kappa shape index (κ1) is 16.9. The number of nitro benzene ring substituents is 1. The molecule has 0 saturated heterocycles. The van der Waals surface area contributed by atoms with E-state index in [0.29, 0.717) is 23.0 Å². The van der Waals surface area contributed by atoms with E-state index >= 15 is 0 Å². The zero-order valence-corrected chi connectivity index (χ0v) is 14.0. The number of hydrogen-bond acceptors (Lipinski definition) is 5. The molecule has 8 heteroatoms. The molecule has 1 aromatic carbocycles. The Kier molecular flexibility index (Phi) is 4.97. The van der Waals surface area contributed by atoms with E-state index in [1.54, 1.807) is 6.07 Å². The first-order chi connectivity index (χ1) is 12.1. The summed E-state index contributed by atoms with van der Waals surface area (Å²) in [5.74, 6) is 0.174. The van der Waals surface area contributed by atoms with Gasteiger partial charge in [0.05, 0.1) is 18.1 Å². The molecule has 132 valence electrons. The fourth-order valence-electron chi connectivity index (χ4n) is 3.11. The lowest BCUT2D eigenvalue weighted by molar-refractivity contribution is -0.384. The van der Waals surface area contributed by atoms with Crippen molar-refractivity contribution in [2.75, 3.05) is 7.11 Å². The normalized spacial score (nSPS) is 14.4. The number of rotatable bonds is 6. The van der Waals surface area contributed by atoms with Crippen molar-refractivity contribution in [3.05, 3.63) is 51.8 Å². The molecule has 1 aliphatic rings. The van der Waals surface area contributed by atoms with Gasteiger partial charge in [0.25, 0.3) is 11.6 Å². The highest BCUT2D eigenvalue weighted by Crippen LogP contribution is 2.28. The van der Waals surface area contributed by atoms with E-state index in [1.807, 2.05) is 10.9 Å². The monoisotopic (exact) mass is 344 g/mol. The lowest BCUT2D eigenvalue weighted by atomic mass is 10.1. The molecule has 2 aromatic rings. The van der Waals surface area contributed by atoms with Crippen molar-refractivity contribution in [1.29, 1.82) is 0 Å². The number of nitrogens with one attached hydrogen (secondary N) is 1. The molecule has 1 amide bonds. The van der Waals surface area contributed by atoms with Gasteiger partial charge < -0.3 is 10.1 Å². The molecule has 1 aliphatic carbocycles. The second kappa shape index (κ2) is 7.33. The van der Waals surface area contributed by atoms with E-state index in [9.17, 15) is 14.9 Å². The van der Waals surface area contributed by atoms with Crippen LogP contribution in [0.5, 0.6) is 5.75 Å². The van der Waals surface area contributed by atoms with Crippen LogP contribution in [0.15, 0.2) is 30.5 Å². The summed E-state index contributed by atoms with van der Waals surface area (Å²) >= 11 is 0. The summed E-state index contributed by atoms with van der Waals surface area (Å²) in [5.41, 5.74) is 0.840. The number of ether oxygens (including phenoxy) is 1. The van der Waals surface area contributed by atoms with Crippen LogP contribution in [0, 0.1) is 10.1 Å². The van der Waals surface area contributed by atoms with Crippen molar-refractivity contribution in [3.63, 3.8) is 0 Å². The molecule has 0 aliphatic heterocycles. The third-order valence-electron chi connectivity index (χ3n) is 4.45. The molecular weight excluding hydrogens is 324 g/mol. The molecule has 1 saturated carbocycles. The smallest absolute Gasteiger partial charge is 0.272 e. The third kappa shape index (κ3) is 3.78. The minimum absolute atomic E-state index is 0.0458. The van der Waals surface area contributed by atoms with Gasteiger partial charge in [0.1, 0.15) is 11.4 Å². The number of hydrogen-bond donors (Lipinski definition) is 1. The van der Waals surface area contributed by atoms with Crippen molar-refractivity contribution in [2.24, 2.45) is 0 Å². The summed E-state index contributed by atoms with van der Waals surface area (Å²) in [4.78, 5) is 22.7. The topological polar surface area (TPSA) is 99.3 Å². The zero-order chi connectivity index (χ0) is 17.8. The van der Waals surface area contributed by atoms with Gasteiger partial charge >= 0.3 is 0 Å². The van der Waals surface area contributed by atoms with E-state index in [2.05, 4.69) is 10.4 Å². The molecular formula is C17H20N4O4. The number of aromatic nitrogens is 2. The van der Waals surface area contributed by atoms with Crippen molar-refractivity contribution >= 4 is 11.6 Å². The van der Waals surface area contributed by atoms with E-state index in [-0.39, 0.29) is 18.1 Å². The highest BCUT2D eigenvalue weighted by Gasteiger charge is 2.19. The molecule has 1 heterocycles. The molecule has 0 radical (unpaired) electrons. The van der Waals surface area contributed by atoms with Gasteiger partial charge in [0.2, 0.25) is 0 Å². The minimum atomic E-state index is -0.478. The average Bonchev–Trinajstić information content (AvgIpc) is 3.30. The zero-order valence-electron chi connectivity index (χ0n) is 14.0. The number of benzene rings is 1. The third-order valence-corrected chi connectivity index (χ3v) is 4.45. The molecule has 3 rings (SSSR count). The summed E-state index contributed by atoms with van der Waals surface area (Å²) in [6.07, 6.45) is 6.40. The van der Waals surface area contributed by atoms with Gasteiger partial charge in [-0.25, -0.2) is 0 Å². The van der Waals surface area contributed by atoms with Gasteiger partial charge in [-0.2, -0.15) is 5.10 Å².